The molecule has 3 fully saturated rings. The Balaban J connectivity index is 1.30. The smallest absolute Gasteiger partial charge is 0.227 e. The number of amides is 2. The van der Waals surface area contributed by atoms with Crippen LogP contribution in [0, 0.1) is 11.8 Å². The molecule has 1 aromatic rings. The summed E-state index contributed by atoms with van der Waals surface area (Å²) >= 11 is 0. The average Bonchev–Trinajstić information content (AvgIpc) is 3.42. The number of methoxy groups -OCH3 is 1. The van der Waals surface area contributed by atoms with Gasteiger partial charge in [0.05, 0.1) is 18.7 Å². The molecule has 6 heteroatoms. The van der Waals surface area contributed by atoms with Crippen LogP contribution in [0.1, 0.15) is 32.1 Å². The first-order chi connectivity index (χ1) is 13.1. The summed E-state index contributed by atoms with van der Waals surface area (Å²) in [6.45, 7) is 3.79. The second-order valence-corrected chi connectivity index (χ2v) is 8.10. The van der Waals surface area contributed by atoms with Crippen LogP contribution in [0.2, 0.25) is 0 Å². The second-order valence-electron chi connectivity index (χ2n) is 8.10. The molecule has 0 aromatic heterocycles. The predicted octanol–water partition coefficient (Wildman–Crippen LogP) is 2.04. The second kappa shape index (κ2) is 7.89. The quantitative estimate of drug-likeness (QED) is 0.831. The van der Waals surface area contributed by atoms with Gasteiger partial charge in [-0.3, -0.25) is 9.59 Å². The molecule has 2 saturated heterocycles. The average molecular weight is 371 g/mol. The highest BCUT2D eigenvalue weighted by molar-refractivity contribution is 6.01. The van der Waals surface area contributed by atoms with Crippen LogP contribution in [0.15, 0.2) is 24.3 Å². The van der Waals surface area contributed by atoms with E-state index in [9.17, 15) is 9.59 Å². The molecule has 146 valence electrons. The minimum absolute atomic E-state index is 0.0149. The number of para-hydroxylation sites is 2. The molecule has 0 radical (unpaired) electrons. The summed E-state index contributed by atoms with van der Waals surface area (Å²) in [7, 11) is 1.60. The van der Waals surface area contributed by atoms with E-state index < -0.39 is 0 Å². The van der Waals surface area contributed by atoms with Gasteiger partial charge in [0.1, 0.15) is 5.75 Å². The van der Waals surface area contributed by atoms with Crippen molar-refractivity contribution in [1.82, 2.24) is 10.2 Å². The molecule has 1 N–H and O–H groups in total. The number of benzene rings is 1. The summed E-state index contributed by atoms with van der Waals surface area (Å²) in [5.41, 5.74) is 0.744. The Morgan fingerprint density at radius 3 is 2.63 bits per heavy atom. The van der Waals surface area contributed by atoms with Crippen LogP contribution < -0.4 is 15.0 Å². The fraction of sp³-hybridized carbons (Fsp3) is 0.619. The van der Waals surface area contributed by atoms with E-state index in [1.54, 1.807) is 12.0 Å². The van der Waals surface area contributed by atoms with Gasteiger partial charge in [-0.1, -0.05) is 12.1 Å². The van der Waals surface area contributed by atoms with Gasteiger partial charge in [-0.25, -0.2) is 0 Å². The molecule has 0 spiro atoms. The van der Waals surface area contributed by atoms with Crippen LogP contribution in [0.5, 0.6) is 5.75 Å². The predicted molar refractivity (Wildman–Crippen MR) is 104 cm³/mol. The lowest BCUT2D eigenvalue weighted by molar-refractivity contribution is -0.127. The third-order valence-electron chi connectivity index (χ3n) is 6.02. The van der Waals surface area contributed by atoms with E-state index in [1.165, 1.54) is 19.4 Å². The zero-order valence-corrected chi connectivity index (χ0v) is 16.0. The third kappa shape index (κ3) is 4.26. The van der Waals surface area contributed by atoms with E-state index in [0.29, 0.717) is 12.3 Å². The number of anilines is 1. The summed E-state index contributed by atoms with van der Waals surface area (Å²) < 4.78 is 5.37. The number of nitrogens with one attached hydrogen (secondary N) is 1. The number of rotatable bonds is 6. The minimum atomic E-state index is -0.285. The summed E-state index contributed by atoms with van der Waals surface area (Å²) in [6, 6.07) is 7.71. The van der Waals surface area contributed by atoms with Gasteiger partial charge in [0.25, 0.3) is 0 Å². The molecule has 6 nitrogen and oxygen atoms in total. The highest BCUT2D eigenvalue weighted by atomic mass is 16.5. The first-order valence-electron chi connectivity index (χ1n) is 10.1. The van der Waals surface area contributed by atoms with Crippen molar-refractivity contribution in [2.45, 2.75) is 38.1 Å². The van der Waals surface area contributed by atoms with Crippen LogP contribution in [0.25, 0.3) is 0 Å². The van der Waals surface area contributed by atoms with E-state index in [1.807, 2.05) is 24.3 Å². The number of carbonyl (C=O) groups is 2. The van der Waals surface area contributed by atoms with Crippen molar-refractivity contribution in [2.24, 2.45) is 11.8 Å². The number of ether oxygens (including phenoxy) is 1. The molecule has 2 amide bonds. The molecule has 27 heavy (non-hydrogen) atoms. The Kier molecular flexibility index (Phi) is 5.34. The number of carbonyl (C=O) groups excluding carboxylic acids is 2. The minimum Gasteiger partial charge on any atom is -0.495 e. The van der Waals surface area contributed by atoms with Gasteiger partial charge in [-0.2, -0.15) is 0 Å². The Bertz CT molecular complexity index is 696. The lowest BCUT2D eigenvalue weighted by atomic mass is 10.0. The Hall–Kier alpha value is -2.08. The van der Waals surface area contributed by atoms with Gasteiger partial charge >= 0.3 is 0 Å². The lowest BCUT2D eigenvalue weighted by Crippen LogP contribution is -2.47. The third-order valence-corrected chi connectivity index (χ3v) is 6.02. The topological polar surface area (TPSA) is 61.9 Å². The fourth-order valence-electron chi connectivity index (χ4n) is 4.21. The summed E-state index contributed by atoms with van der Waals surface area (Å²) in [4.78, 5) is 29.4. The van der Waals surface area contributed by atoms with Gasteiger partial charge in [0, 0.05) is 38.6 Å². The standard InChI is InChI=1S/C21H29N3O3/c1-27-19-5-3-2-4-18(19)24-14-16(12-20(24)25)21(26)22-17-8-10-23(11-9-17)13-15-6-7-15/h2-5,15-17H,6-14H2,1H3,(H,22,26). The highest BCUT2D eigenvalue weighted by Gasteiger charge is 2.37. The number of nitrogens with zero attached hydrogens (tertiary/aromatic N) is 2. The van der Waals surface area contributed by atoms with Gasteiger partial charge in [-0.15, -0.1) is 0 Å². The van der Waals surface area contributed by atoms with Gasteiger partial charge < -0.3 is 19.9 Å². The van der Waals surface area contributed by atoms with Crippen molar-refractivity contribution < 1.29 is 14.3 Å². The van der Waals surface area contributed by atoms with Crippen molar-refractivity contribution >= 4 is 17.5 Å². The maximum atomic E-state index is 12.7. The SMILES string of the molecule is COc1ccccc1N1CC(C(=O)NC2CCN(CC3CC3)CC2)CC1=O. The number of hydrogen-bond acceptors (Lipinski definition) is 4. The zero-order valence-electron chi connectivity index (χ0n) is 16.0. The van der Waals surface area contributed by atoms with Gasteiger partial charge in [-0.05, 0) is 43.7 Å². The molecule has 1 aliphatic carbocycles. The summed E-state index contributed by atoms with van der Waals surface area (Å²) in [6.07, 6.45) is 5.05. The van der Waals surface area contributed by atoms with Crippen LogP contribution in [0.4, 0.5) is 5.69 Å². The zero-order chi connectivity index (χ0) is 18.8. The lowest BCUT2D eigenvalue weighted by Gasteiger charge is -2.32. The maximum absolute atomic E-state index is 12.7. The molecule has 2 aliphatic heterocycles. The van der Waals surface area contributed by atoms with Gasteiger partial charge in [0.2, 0.25) is 11.8 Å². The molecular formula is C21H29N3O3. The van der Waals surface area contributed by atoms with E-state index in [4.69, 9.17) is 4.74 Å². The maximum Gasteiger partial charge on any atom is 0.227 e. The number of piperidine rings is 1. The molecule has 4 rings (SSSR count). The first-order valence-corrected chi connectivity index (χ1v) is 10.1. The molecule has 1 unspecified atom stereocenters. The van der Waals surface area contributed by atoms with Crippen LogP contribution >= 0.6 is 0 Å². The number of hydrogen-bond donors (Lipinski definition) is 1. The molecule has 3 aliphatic rings. The Morgan fingerprint density at radius 1 is 1.19 bits per heavy atom. The van der Waals surface area contributed by atoms with Crippen molar-refractivity contribution in [3.05, 3.63) is 24.3 Å². The molecular weight excluding hydrogens is 342 g/mol. The van der Waals surface area contributed by atoms with Crippen LogP contribution in [-0.2, 0) is 9.59 Å². The summed E-state index contributed by atoms with van der Waals surface area (Å²) in [5.74, 6) is 1.30. The largest absolute Gasteiger partial charge is 0.495 e. The first kappa shape index (κ1) is 18.3. The van der Waals surface area contributed by atoms with Crippen molar-refractivity contribution in [3.8, 4) is 5.75 Å². The Labute approximate surface area is 160 Å². The normalized spacial score (nSPS) is 24.3. The van der Waals surface area contributed by atoms with E-state index in [0.717, 1.165) is 37.5 Å². The molecule has 2 heterocycles. The molecule has 0 bridgehead atoms. The van der Waals surface area contributed by atoms with Gasteiger partial charge in [0.15, 0.2) is 0 Å². The van der Waals surface area contributed by atoms with E-state index in [2.05, 4.69) is 10.2 Å². The van der Waals surface area contributed by atoms with E-state index in [-0.39, 0.29) is 30.2 Å². The monoisotopic (exact) mass is 371 g/mol. The van der Waals surface area contributed by atoms with Crippen LogP contribution in [-0.4, -0.2) is 56.0 Å². The highest BCUT2D eigenvalue weighted by Crippen LogP contribution is 2.33. The van der Waals surface area contributed by atoms with Crippen molar-refractivity contribution in [1.29, 1.82) is 0 Å². The molecule has 1 saturated carbocycles. The molecule has 1 aromatic carbocycles. The summed E-state index contributed by atoms with van der Waals surface area (Å²) in [5, 5.41) is 3.20. The number of likely N-dealkylation sites (tertiary alicyclic amines) is 1. The Morgan fingerprint density at radius 2 is 1.93 bits per heavy atom. The van der Waals surface area contributed by atoms with Crippen LogP contribution in [0.3, 0.4) is 0 Å². The van der Waals surface area contributed by atoms with Crippen molar-refractivity contribution in [3.63, 3.8) is 0 Å². The molecule has 1 atom stereocenters. The fourth-order valence-corrected chi connectivity index (χ4v) is 4.21. The van der Waals surface area contributed by atoms with E-state index >= 15 is 0 Å². The van der Waals surface area contributed by atoms with Crippen molar-refractivity contribution in [2.75, 3.05) is 38.2 Å².